The Hall–Kier alpha value is -2.01. The van der Waals surface area contributed by atoms with E-state index < -0.39 is 0 Å². The molecule has 1 heterocycles. The highest BCUT2D eigenvalue weighted by molar-refractivity contribution is 5.75. The number of benzene rings is 1. The maximum absolute atomic E-state index is 10.1. The Morgan fingerprint density at radius 3 is 2.67 bits per heavy atom. The summed E-state index contributed by atoms with van der Waals surface area (Å²) in [6.07, 6.45) is 1.70. The van der Waals surface area contributed by atoms with Crippen molar-refractivity contribution in [3.05, 3.63) is 29.5 Å². The van der Waals surface area contributed by atoms with Crippen molar-refractivity contribution in [1.82, 2.24) is 15.1 Å². The van der Waals surface area contributed by atoms with E-state index in [-0.39, 0.29) is 0 Å². The minimum absolute atomic E-state index is 0.342. The van der Waals surface area contributed by atoms with Crippen molar-refractivity contribution in [3.63, 3.8) is 0 Å². The molecule has 0 fully saturated rings. The van der Waals surface area contributed by atoms with Crippen LogP contribution >= 0.6 is 0 Å². The first kappa shape index (κ1) is 12.4. The topological polar surface area (TPSA) is 78.2 Å². The highest BCUT2D eigenvalue weighted by atomic mass is 16.3. The van der Waals surface area contributed by atoms with Crippen LogP contribution in [-0.4, -0.2) is 34.3 Å². The minimum Gasteiger partial charge on any atom is -0.507 e. The van der Waals surface area contributed by atoms with Crippen molar-refractivity contribution in [1.29, 1.82) is 0 Å². The summed E-state index contributed by atoms with van der Waals surface area (Å²) >= 11 is 0. The quantitative estimate of drug-likeness (QED) is 0.770. The average molecular weight is 246 g/mol. The van der Waals surface area contributed by atoms with Crippen LogP contribution in [-0.2, 0) is 6.54 Å². The molecule has 0 saturated heterocycles. The molecular formula is C13H18N4O. The highest BCUT2D eigenvalue weighted by Crippen LogP contribution is 2.32. The van der Waals surface area contributed by atoms with Gasteiger partial charge in [-0.1, -0.05) is 0 Å². The van der Waals surface area contributed by atoms with Crippen LogP contribution in [0.5, 0.6) is 5.75 Å². The Balaban J connectivity index is 2.51. The highest BCUT2D eigenvalue weighted by Gasteiger charge is 2.11. The first-order chi connectivity index (χ1) is 8.49. The number of nitrogen functional groups attached to an aromatic ring is 1. The standard InChI is InChI=1S/C13H18N4O/c1-8-4-9(11-6-15-16-13(11)14)5-10(12(8)18)7-17(2)3/h4-6,18H,7H2,1-3H3,(H3,14,15,16). The number of H-pyrrole nitrogens is 1. The molecule has 0 aliphatic heterocycles. The van der Waals surface area contributed by atoms with Gasteiger partial charge in [0.25, 0.3) is 0 Å². The fourth-order valence-corrected chi connectivity index (χ4v) is 2.00. The van der Waals surface area contributed by atoms with Gasteiger partial charge in [-0.15, -0.1) is 0 Å². The molecule has 1 aromatic carbocycles. The Bertz CT molecular complexity index is 560. The Morgan fingerprint density at radius 2 is 2.11 bits per heavy atom. The molecule has 18 heavy (non-hydrogen) atoms. The molecule has 96 valence electrons. The summed E-state index contributed by atoms with van der Waals surface area (Å²) in [6.45, 7) is 2.56. The Kier molecular flexibility index (Phi) is 3.25. The van der Waals surface area contributed by atoms with Crippen LogP contribution in [0.25, 0.3) is 11.1 Å². The van der Waals surface area contributed by atoms with Gasteiger partial charge >= 0.3 is 0 Å². The van der Waals surface area contributed by atoms with Crippen LogP contribution < -0.4 is 5.73 Å². The van der Waals surface area contributed by atoms with Gasteiger partial charge in [-0.3, -0.25) is 5.10 Å². The zero-order valence-electron chi connectivity index (χ0n) is 10.9. The van der Waals surface area contributed by atoms with Crippen molar-refractivity contribution in [2.24, 2.45) is 0 Å². The summed E-state index contributed by atoms with van der Waals surface area (Å²) < 4.78 is 0. The third kappa shape index (κ3) is 2.31. The van der Waals surface area contributed by atoms with Crippen LogP contribution in [0.15, 0.2) is 18.3 Å². The molecule has 5 heteroatoms. The van der Waals surface area contributed by atoms with E-state index in [0.717, 1.165) is 22.3 Å². The zero-order chi connectivity index (χ0) is 13.3. The number of nitrogens with two attached hydrogens (primary N) is 1. The van der Waals surface area contributed by atoms with Crippen LogP contribution in [0.4, 0.5) is 5.82 Å². The van der Waals surface area contributed by atoms with E-state index in [1.165, 1.54) is 0 Å². The van der Waals surface area contributed by atoms with E-state index in [4.69, 9.17) is 5.73 Å². The molecule has 0 aliphatic rings. The summed E-state index contributed by atoms with van der Waals surface area (Å²) in [4.78, 5) is 2.01. The number of aromatic hydroxyl groups is 1. The van der Waals surface area contributed by atoms with Gasteiger partial charge in [-0.2, -0.15) is 5.10 Å². The van der Waals surface area contributed by atoms with Crippen molar-refractivity contribution >= 4 is 5.82 Å². The number of hydrogen-bond donors (Lipinski definition) is 3. The molecule has 0 aliphatic carbocycles. The lowest BCUT2D eigenvalue weighted by Gasteiger charge is -2.14. The monoisotopic (exact) mass is 246 g/mol. The number of phenols is 1. The largest absolute Gasteiger partial charge is 0.507 e. The van der Waals surface area contributed by atoms with Crippen LogP contribution in [0.1, 0.15) is 11.1 Å². The molecule has 1 aromatic heterocycles. The number of nitrogens with zero attached hydrogens (tertiary/aromatic N) is 2. The number of aromatic nitrogens is 2. The van der Waals surface area contributed by atoms with Gasteiger partial charge in [0.2, 0.25) is 0 Å². The third-order valence-corrected chi connectivity index (χ3v) is 2.85. The summed E-state index contributed by atoms with van der Waals surface area (Å²) in [6, 6.07) is 3.86. The number of phenolic OH excluding ortho intramolecular Hbond substituents is 1. The van der Waals surface area contributed by atoms with Crippen LogP contribution in [0.3, 0.4) is 0 Å². The third-order valence-electron chi connectivity index (χ3n) is 2.85. The number of nitrogens with one attached hydrogen (secondary N) is 1. The second-order valence-electron chi connectivity index (χ2n) is 4.74. The number of anilines is 1. The lowest BCUT2D eigenvalue weighted by molar-refractivity contribution is 0.385. The van der Waals surface area contributed by atoms with Gasteiger partial charge in [0, 0.05) is 17.7 Å². The molecular weight excluding hydrogens is 228 g/mol. The fraction of sp³-hybridized carbons (Fsp3) is 0.308. The molecule has 0 unspecified atom stereocenters. The molecule has 0 atom stereocenters. The first-order valence-corrected chi connectivity index (χ1v) is 5.75. The van der Waals surface area contributed by atoms with Crippen molar-refractivity contribution < 1.29 is 5.11 Å². The van der Waals surface area contributed by atoms with Crippen molar-refractivity contribution in [2.45, 2.75) is 13.5 Å². The van der Waals surface area contributed by atoms with E-state index in [0.29, 0.717) is 18.1 Å². The lowest BCUT2D eigenvalue weighted by Crippen LogP contribution is -2.11. The summed E-state index contributed by atoms with van der Waals surface area (Å²) in [7, 11) is 3.93. The van der Waals surface area contributed by atoms with E-state index in [1.54, 1.807) is 6.20 Å². The Labute approximate surface area is 106 Å². The van der Waals surface area contributed by atoms with E-state index >= 15 is 0 Å². The van der Waals surface area contributed by atoms with Gasteiger partial charge in [0.15, 0.2) is 0 Å². The van der Waals surface area contributed by atoms with Crippen LogP contribution in [0.2, 0.25) is 0 Å². The predicted molar refractivity (Wildman–Crippen MR) is 72.2 cm³/mol. The molecule has 2 rings (SSSR count). The maximum atomic E-state index is 10.1. The van der Waals surface area contributed by atoms with Crippen molar-refractivity contribution in [3.8, 4) is 16.9 Å². The lowest BCUT2D eigenvalue weighted by atomic mass is 10.0. The second kappa shape index (κ2) is 4.70. The number of hydrogen-bond acceptors (Lipinski definition) is 4. The van der Waals surface area contributed by atoms with Crippen LogP contribution in [0, 0.1) is 6.92 Å². The minimum atomic E-state index is 0.342. The van der Waals surface area contributed by atoms with Gasteiger partial charge < -0.3 is 15.7 Å². The zero-order valence-corrected chi connectivity index (χ0v) is 10.9. The summed E-state index contributed by atoms with van der Waals surface area (Å²) in [5.74, 6) is 0.880. The Morgan fingerprint density at radius 1 is 1.39 bits per heavy atom. The molecule has 0 spiro atoms. The fourth-order valence-electron chi connectivity index (χ4n) is 2.00. The van der Waals surface area contributed by atoms with Gasteiger partial charge in [0.05, 0.1) is 6.20 Å². The first-order valence-electron chi connectivity index (χ1n) is 5.75. The molecule has 5 nitrogen and oxygen atoms in total. The average Bonchev–Trinajstić information content (AvgIpc) is 2.70. The number of aryl methyl sites for hydroxylation is 1. The molecule has 0 saturated carbocycles. The van der Waals surface area contributed by atoms with Gasteiger partial charge in [0.1, 0.15) is 11.6 Å². The summed E-state index contributed by atoms with van der Waals surface area (Å²) in [5.41, 5.74) is 9.37. The molecule has 0 radical (unpaired) electrons. The van der Waals surface area contributed by atoms with E-state index in [2.05, 4.69) is 10.2 Å². The number of aromatic amines is 1. The summed E-state index contributed by atoms with van der Waals surface area (Å²) in [5, 5.41) is 16.7. The molecule has 4 N–H and O–H groups in total. The van der Waals surface area contributed by atoms with Gasteiger partial charge in [-0.05, 0) is 44.3 Å². The van der Waals surface area contributed by atoms with Crippen molar-refractivity contribution in [2.75, 3.05) is 19.8 Å². The smallest absolute Gasteiger partial charge is 0.126 e. The normalized spacial score (nSPS) is 11.1. The predicted octanol–water partition coefficient (Wildman–Crippen LogP) is 1.73. The number of rotatable bonds is 3. The van der Waals surface area contributed by atoms with E-state index in [9.17, 15) is 5.11 Å². The maximum Gasteiger partial charge on any atom is 0.126 e. The molecule has 2 aromatic rings. The molecule has 0 bridgehead atoms. The van der Waals surface area contributed by atoms with E-state index in [1.807, 2.05) is 38.1 Å². The SMILES string of the molecule is Cc1cc(-c2cn[nH]c2N)cc(CN(C)C)c1O. The van der Waals surface area contributed by atoms with Gasteiger partial charge in [-0.25, -0.2) is 0 Å². The second-order valence-corrected chi connectivity index (χ2v) is 4.74. The molecule has 0 amide bonds.